The number of hydrogen-bond acceptors (Lipinski definition) is 1. The van der Waals surface area contributed by atoms with Gasteiger partial charge in [0.2, 0.25) is 0 Å². The fraction of sp³-hybridized carbons (Fsp3) is 0.667. The minimum atomic E-state index is -1.58. The molecule has 64 valence electrons. The molecule has 0 heterocycles. The summed E-state index contributed by atoms with van der Waals surface area (Å²) in [4.78, 5) is 11.5. The Labute approximate surface area is 70.5 Å². The first kappa shape index (κ1) is 10.6. The molecule has 0 aliphatic rings. The summed E-state index contributed by atoms with van der Waals surface area (Å²) in [6.45, 7) is 9.93. The van der Waals surface area contributed by atoms with E-state index in [1.165, 1.54) is 6.08 Å². The molecule has 0 aromatic rings. The molecule has 0 saturated carbocycles. The summed E-state index contributed by atoms with van der Waals surface area (Å²) in [5.41, 5.74) is 0. The Morgan fingerprint density at radius 3 is 1.73 bits per heavy atom. The Bertz CT molecular complexity index is 139. The molecule has 0 unspecified atom stereocenters. The third kappa shape index (κ3) is 2.03. The summed E-state index contributed by atoms with van der Waals surface area (Å²) < 4.78 is 0. The minimum Gasteiger partial charge on any atom is -0.301 e. The molecular weight excluding hydrogens is 152 g/mol. The highest BCUT2D eigenvalue weighted by Crippen LogP contribution is 2.21. The number of hydrogen-bond donors (Lipinski definition) is 0. The Morgan fingerprint density at radius 2 is 1.64 bits per heavy atom. The number of carbonyl (C=O) groups excluding carboxylic acids is 1. The van der Waals surface area contributed by atoms with Crippen LogP contribution in [0.1, 0.15) is 20.8 Å². The zero-order chi connectivity index (χ0) is 8.91. The van der Waals surface area contributed by atoms with Crippen molar-refractivity contribution in [2.24, 2.45) is 0 Å². The van der Waals surface area contributed by atoms with E-state index in [1.54, 1.807) is 0 Å². The van der Waals surface area contributed by atoms with Gasteiger partial charge >= 0.3 is 0 Å². The van der Waals surface area contributed by atoms with E-state index in [4.69, 9.17) is 0 Å². The maximum absolute atomic E-state index is 11.5. The first-order valence-corrected chi connectivity index (χ1v) is 6.95. The van der Waals surface area contributed by atoms with Gasteiger partial charge in [-0.05, 0) is 6.08 Å². The summed E-state index contributed by atoms with van der Waals surface area (Å²) in [5, 5.41) is 0.338. The lowest BCUT2D eigenvalue weighted by atomic mass is 10.7. The third-order valence-electron chi connectivity index (χ3n) is 2.74. The van der Waals surface area contributed by atoms with E-state index < -0.39 is 8.07 Å². The second-order valence-corrected chi connectivity index (χ2v) is 8.08. The lowest BCUT2D eigenvalue weighted by Gasteiger charge is -2.23. The van der Waals surface area contributed by atoms with E-state index in [0.717, 1.165) is 18.1 Å². The average molecular weight is 170 g/mol. The van der Waals surface area contributed by atoms with E-state index in [0.29, 0.717) is 5.41 Å². The van der Waals surface area contributed by atoms with Crippen molar-refractivity contribution in [1.29, 1.82) is 0 Å². The first-order chi connectivity index (χ1) is 5.16. The van der Waals surface area contributed by atoms with Crippen molar-refractivity contribution in [3.63, 3.8) is 0 Å². The summed E-state index contributed by atoms with van der Waals surface area (Å²) in [6.07, 6.45) is 1.52. The predicted molar refractivity (Wildman–Crippen MR) is 52.4 cm³/mol. The standard InChI is InChI=1S/C9H18OSi/c1-5-9(10)11(6-2,7-3)8-4/h5H,1,6-8H2,2-4H3. The molecule has 0 aromatic carbocycles. The van der Waals surface area contributed by atoms with Crippen molar-refractivity contribution in [3.05, 3.63) is 12.7 Å². The molecule has 0 amide bonds. The largest absolute Gasteiger partial charge is 0.301 e. The van der Waals surface area contributed by atoms with E-state index in [-0.39, 0.29) is 0 Å². The third-order valence-corrected chi connectivity index (χ3v) is 8.05. The van der Waals surface area contributed by atoms with E-state index in [9.17, 15) is 4.79 Å². The second-order valence-electron chi connectivity index (χ2n) is 2.91. The quantitative estimate of drug-likeness (QED) is 0.458. The number of rotatable bonds is 5. The smallest absolute Gasteiger partial charge is 0.137 e. The molecule has 0 aliphatic heterocycles. The lowest BCUT2D eigenvalue weighted by molar-refractivity contribution is -0.108. The highest BCUT2D eigenvalue weighted by Gasteiger charge is 2.33. The van der Waals surface area contributed by atoms with Crippen LogP contribution in [0, 0.1) is 0 Å². The Hall–Kier alpha value is -0.373. The normalized spacial score (nSPS) is 11.2. The molecule has 0 atom stereocenters. The molecule has 0 aliphatic carbocycles. The first-order valence-electron chi connectivity index (χ1n) is 4.33. The van der Waals surface area contributed by atoms with Crippen LogP contribution in [0.15, 0.2) is 12.7 Å². The van der Waals surface area contributed by atoms with Crippen molar-refractivity contribution < 1.29 is 4.79 Å². The SMILES string of the molecule is C=CC(=O)[Si](CC)(CC)CC. The molecule has 0 rings (SSSR count). The lowest BCUT2D eigenvalue weighted by Crippen LogP contribution is -2.40. The van der Waals surface area contributed by atoms with Crippen LogP contribution >= 0.6 is 0 Å². The Balaban J connectivity index is 4.52. The highest BCUT2D eigenvalue weighted by molar-refractivity contribution is 7.07. The fourth-order valence-corrected chi connectivity index (χ4v) is 4.47. The van der Waals surface area contributed by atoms with Crippen molar-refractivity contribution in [3.8, 4) is 0 Å². The van der Waals surface area contributed by atoms with Gasteiger partial charge in [-0.15, -0.1) is 0 Å². The molecule has 0 bridgehead atoms. The molecule has 0 N–H and O–H groups in total. The molecular formula is C9H18OSi. The van der Waals surface area contributed by atoms with Gasteiger partial charge in [-0.25, -0.2) is 0 Å². The van der Waals surface area contributed by atoms with Crippen molar-refractivity contribution in [1.82, 2.24) is 0 Å². The number of allylic oxidation sites excluding steroid dienone is 1. The topological polar surface area (TPSA) is 17.1 Å². The monoisotopic (exact) mass is 170 g/mol. The summed E-state index contributed by atoms with van der Waals surface area (Å²) in [6, 6.07) is 3.18. The maximum Gasteiger partial charge on any atom is 0.137 e. The zero-order valence-corrected chi connectivity index (χ0v) is 8.81. The van der Waals surface area contributed by atoms with Gasteiger partial charge in [-0.3, -0.25) is 0 Å². The van der Waals surface area contributed by atoms with Gasteiger partial charge < -0.3 is 4.79 Å². The van der Waals surface area contributed by atoms with Crippen molar-refractivity contribution in [2.45, 2.75) is 38.9 Å². The second kappa shape index (κ2) is 4.49. The molecule has 0 spiro atoms. The van der Waals surface area contributed by atoms with Crippen LogP contribution < -0.4 is 0 Å². The summed E-state index contributed by atoms with van der Waals surface area (Å²) in [5.74, 6) is 0. The van der Waals surface area contributed by atoms with Crippen LogP contribution in [0.25, 0.3) is 0 Å². The van der Waals surface area contributed by atoms with Gasteiger partial charge in [-0.2, -0.15) is 0 Å². The van der Waals surface area contributed by atoms with Crippen LogP contribution in [0.4, 0.5) is 0 Å². The maximum atomic E-state index is 11.5. The molecule has 0 fully saturated rings. The van der Waals surface area contributed by atoms with Gasteiger partial charge in [0.15, 0.2) is 0 Å². The fourth-order valence-electron chi connectivity index (χ4n) is 1.49. The Morgan fingerprint density at radius 1 is 1.27 bits per heavy atom. The van der Waals surface area contributed by atoms with Crippen molar-refractivity contribution in [2.75, 3.05) is 0 Å². The van der Waals surface area contributed by atoms with Crippen LogP contribution in [-0.2, 0) is 4.79 Å². The highest BCUT2D eigenvalue weighted by atomic mass is 28.3. The molecule has 0 saturated heterocycles. The summed E-state index contributed by atoms with van der Waals surface area (Å²) in [7, 11) is -1.58. The predicted octanol–water partition coefficient (Wildman–Crippen LogP) is 2.79. The van der Waals surface area contributed by atoms with Crippen LogP contribution in [0.2, 0.25) is 18.1 Å². The van der Waals surface area contributed by atoms with E-state index >= 15 is 0 Å². The van der Waals surface area contributed by atoms with E-state index in [2.05, 4.69) is 27.4 Å². The minimum absolute atomic E-state index is 0.338. The van der Waals surface area contributed by atoms with E-state index in [1.807, 2.05) is 0 Å². The summed E-state index contributed by atoms with van der Waals surface area (Å²) >= 11 is 0. The molecule has 1 nitrogen and oxygen atoms in total. The van der Waals surface area contributed by atoms with Gasteiger partial charge in [0.05, 0.1) is 0 Å². The average Bonchev–Trinajstić information content (AvgIpc) is 2.08. The number of carbonyl (C=O) groups is 1. The van der Waals surface area contributed by atoms with Gasteiger partial charge in [0.25, 0.3) is 0 Å². The molecule has 0 aromatic heterocycles. The molecule has 11 heavy (non-hydrogen) atoms. The Kier molecular flexibility index (Phi) is 4.34. The van der Waals surface area contributed by atoms with Crippen LogP contribution in [0.3, 0.4) is 0 Å². The van der Waals surface area contributed by atoms with Crippen LogP contribution in [-0.4, -0.2) is 13.5 Å². The van der Waals surface area contributed by atoms with Gasteiger partial charge in [-0.1, -0.05) is 45.5 Å². The zero-order valence-electron chi connectivity index (χ0n) is 7.81. The van der Waals surface area contributed by atoms with Gasteiger partial charge in [0.1, 0.15) is 13.5 Å². The molecule has 2 heteroatoms. The van der Waals surface area contributed by atoms with Crippen molar-refractivity contribution >= 4 is 13.5 Å². The van der Waals surface area contributed by atoms with Crippen LogP contribution in [0.5, 0.6) is 0 Å². The van der Waals surface area contributed by atoms with Gasteiger partial charge in [0, 0.05) is 0 Å². The molecule has 0 radical (unpaired) electrons.